The van der Waals surface area contributed by atoms with Crippen molar-refractivity contribution in [2.24, 2.45) is 0 Å². The molecule has 27 heavy (non-hydrogen) atoms. The maximum absolute atomic E-state index is 13.8. The number of carboxylic acids is 1. The van der Waals surface area contributed by atoms with Gasteiger partial charge < -0.3 is 14.9 Å². The molecule has 7 nitrogen and oxygen atoms in total. The summed E-state index contributed by atoms with van der Waals surface area (Å²) in [6, 6.07) is 12.2. The summed E-state index contributed by atoms with van der Waals surface area (Å²) in [7, 11) is 0. The number of carbonyl (C=O) groups is 2. The smallest absolute Gasteiger partial charge is 0.316 e. The minimum absolute atomic E-state index is 0.0658. The molecule has 0 saturated carbocycles. The Bertz CT molecular complexity index is 986. The van der Waals surface area contributed by atoms with Gasteiger partial charge in [-0.25, -0.2) is 4.39 Å². The van der Waals surface area contributed by atoms with E-state index in [9.17, 15) is 14.0 Å². The molecule has 3 rings (SSSR count). The van der Waals surface area contributed by atoms with Crippen LogP contribution < -0.4 is 5.32 Å². The monoisotopic (exact) mass is 369 g/mol. The van der Waals surface area contributed by atoms with Crippen molar-refractivity contribution < 1.29 is 23.6 Å². The lowest BCUT2D eigenvalue weighted by molar-refractivity contribution is -0.137. The normalized spacial score (nSPS) is 11.8. The Kier molecular flexibility index (Phi) is 5.25. The van der Waals surface area contributed by atoms with E-state index in [1.807, 2.05) is 19.1 Å². The van der Waals surface area contributed by atoms with Crippen LogP contribution in [0.25, 0.3) is 11.4 Å². The van der Waals surface area contributed by atoms with Crippen molar-refractivity contribution in [1.29, 1.82) is 0 Å². The van der Waals surface area contributed by atoms with Crippen molar-refractivity contribution in [3.05, 3.63) is 71.4 Å². The first kappa shape index (κ1) is 18.2. The number of aromatic nitrogens is 2. The van der Waals surface area contributed by atoms with Crippen LogP contribution in [0.5, 0.6) is 0 Å². The Morgan fingerprint density at radius 2 is 1.89 bits per heavy atom. The summed E-state index contributed by atoms with van der Waals surface area (Å²) in [5.41, 5.74) is 1.60. The number of amides is 1. The number of carbonyl (C=O) groups excluding carboxylic acids is 1. The van der Waals surface area contributed by atoms with Gasteiger partial charge in [0.15, 0.2) is 0 Å². The molecule has 0 bridgehead atoms. The predicted molar refractivity (Wildman–Crippen MR) is 93.3 cm³/mol. The van der Waals surface area contributed by atoms with Gasteiger partial charge in [-0.1, -0.05) is 41.6 Å². The highest BCUT2D eigenvalue weighted by Crippen LogP contribution is 2.22. The molecule has 1 amide bonds. The van der Waals surface area contributed by atoms with Crippen LogP contribution in [0.2, 0.25) is 0 Å². The summed E-state index contributed by atoms with van der Waals surface area (Å²) in [5.74, 6) is -2.80. The molecule has 0 saturated heterocycles. The number of aliphatic carboxylic acids is 1. The van der Waals surface area contributed by atoms with E-state index in [0.29, 0.717) is 5.56 Å². The van der Waals surface area contributed by atoms with E-state index >= 15 is 0 Å². The van der Waals surface area contributed by atoms with Gasteiger partial charge >= 0.3 is 17.8 Å². The molecule has 0 aliphatic rings. The number of nitrogens with zero attached hydrogens (tertiary/aromatic N) is 2. The second-order valence-electron chi connectivity index (χ2n) is 5.88. The quantitative estimate of drug-likeness (QED) is 0.692. The molecule has 2 aromatic carbocycles. The number of aryl methyl sites for hydroxylation is 1. The SMILES string of the molecule is Cc1ccccc1[C@H](CC(=O)O)NC(=O)c1nc(-c2ccccc2F)no1. The third-order valence-corrected chi connectivity index (χ3v) is 3.98. The number of carboxylic acid groups (broad SMARTS) is 1. The molecule has 0 aliphatic heterocycles. The van der Waals surface area contributed by atoms with Crippen molar-refractivity contribution in [2.75, 3.05) is 0 Å². The fourth-order valence-electron chi connectivity index (χ4n) is 2.68. The number of hydrogen-bond acceptors (Lipinski definition) is 5. The molecule has 0 aliphatic carbocycles. The molecule has 1 atom stereocenters. The Balaban J connectivity index is 1.83. The first-order valence-electron chi connectivity index (χ1n) is 8.12. The summed E-state index contributed by atoms with van der Waals surface area (Å²) >= 11 is 0. The molecular formula is C19H16FN3O4. The van der Waals surface area contributed by atoms with E-state index in [2.05, 4.69) is 15.5 Å². The third-order valence-electron chi connectivity index (χ3n) is 3.98. The van der Waals surface area contributed by atoms with E-state index < -0.39 is 23.7 Å². The fourth-order valence-corrected chi connectivity index (χ4v) is 2.68. The second-order valence-corrected chi connectivity index (χ2v) is 5.88. The van der Waals surface area contributed by atoms with E-state index in [0.717, 1.165) is 5.56 Å². The molecule has 3 aromatic rings. The Morgan fingerprint density at radius 1 is 1.19 bits per heavy atom. The van der Waals surface area contributed by atoms with E-state index in [-0.39, 0.29) is 23.7 Å². The number of halogens is 1. The molecule has 1 heterocycles. The maximum Gasteiger partial charge on any atom is 0.316 e. The lowest BCUT2D eigenvalue weighted by atomic mass is 9.99. The summed E-state index contributed by atoms with van der Waals surface area (Å²) in [6.07, 6.45) is -0.315. The minimum atomic E-state index is -1.07. The minimum Gasteiger partial charge on any atom is -0.481 e. The van der Waals surface area contributed by atoms with Crippen LogP contribution in [0.1, 0.15) is 34.3 Å². The number of hydrogen-bond donors (Lipinski definition) is 2. The molecule has 0 radical (unpaired) electrons. The average Bonchev–Trinajstić information content (AvgIpc) is 3.11. The van der Waals surface area contributed by atoms with Gasteiger partial charge in [0.25, 0.3) is 0 Å². The lowest BCUT2D eigenvalue weighted by Crippen LogP contribution is -2.30. The van der Waals surface area contributed by atoms with Gasteiger partial charge in [-0.05, 0) is 30.2 Å². The van der Waals surface area contributed by atoms with Crippen LogP contribution in [0.15, 0.2) is 53.1 Å². The van der Waals surface area contributed by atoms with Gasteiger partial charge in [-0.2, -0.15) is 4.98 Å². The molecule has 138 valence electrons. The van der Waals surface area contributed by atoms with Crippen LogP contribution >= 0.6 is 0 Å². The van der Waals surface area contributed by atoms with Gasteiger partial charge in [-0.3, -0.25) is 9.59 Å². The van der Waals surface area contributed by atoms with Crippen LogP contribution in [-0.4, -0.2) is 27.1 Å². The van der Waals surface area contributed by atoms with Crippen LogP contribution in [-0.2, 0) is 4.79 Å². The van der Waals surface area contributed by atoms with E-state index in [1.165, 1.54) is 18.2 Å². The zero-order valence-electron chi connectivity index (χ0n) is 14.3. The lowest BCUT2D eigenvalue weighted by Gasteiger charge is -2.18. The molecule has 2 N–H and O–H groups in total. The molecule has 0 fully saturated rings. The molecule has 8 heteroatoms. The van der Waals surface area contributed by atoms with Gasteiger partial charge in [0, 0.05) is 0 Å². The Morgan fingerprint density at radius 3 is 2.59 bits per heavy atom. The summed E-state index contributed by atoms with van der Waals surface area (Å²) in [6.45, 7) is 1.82. The molecule has 0 spiro atoms. The van der Waals surface area contributed by atoms with E-state index in [4.69, 9.17) is 9.63 Å². The summed E-state index contributed by atoms with van der Waals surface area (Å²) < 4.78 is 18.7. The highest BCUT2D eigenvalue weighted by atomic mass is 19.1. The van der Waals surface area contributed by atoms with Crippen molar-refractivity contribution >= 4 is 11.9 Å². The second kappa shape index (κ2) is 7.77. The summed E-state index contributed by atoms with van der Waals surface area (Å²) in [4.78, 5) is 27.6. The largest absolute Gasteiger partial charge is 0.481 e. The standard InChI is InChI=1S/C19H16FN3O4/c1-11-6-2-3-7-12(11)15(10-16(24)25)21-18(26)19-22-17(23-27-19)13-8-4-5-9-14(13)20/h2-9,15H,10H2,1H3,(H,21,26)(H,24,25)/t15-/m0/s1. The predicted octanol–water partition coefficient (Wildman–Crippen LogP) is 3.13. The maximum atomic E-state index is 13.8. The fraction of sp³-hybridized carbons (Fsp3) is 0.158. The van der Waals surface area contributed by atoms with Crippen molar-refractivity contribution in [3.63, 3.8) is 0 Å². The zero-order chi connectivity index (χ0) is 19.4. The van der Waals surface area contributed by atoms with Gasteiger partial charge in [0.05, 0.1) is 18.0 Å². The number of nitrogens with one attached hydrogen (secondary N) is 1. The zero-order valence-corrected chi connectivity index (χ0v) is 14.3. The average molecular weight is 369 g/mol. The van der Waals surface area contributed by atoms with Crippen LogP contribution in [0.3, 0.4) is 0 Å². The van der Waals surface area contributed by atoms with Gasteiger partial charge in [0.2, 0.25) is 5.82 Å². The van der Waals surface area contributed by atoms with Crippen molar-refractivity contribution in [3.8, 4) is 11.4 Å². The topological polar surface area (TPSA) is 105 Å². The van der Waals surface area contributed by atoms with Crippen molar-refractivity contribution in [2.45, 2.75) is 19.4 Å². The molecular weight excluding hydrogens is 353 g/mol. The van der Waals surface area contributed by atoms with Gasteiger partial charge in [0.1, 0.15) is 5.82 Å². The van der Waals surface area contributed by atoms with Crippen LogP contribution in [0.4, 0.5) is 4.39 Å². The molecule has 0 unspecified atom stereocenters. The number of rotatable bonds is 6. The van der Waals surface area contributed by atoms with Gasteiger partial charge in [-0.15, -0.1) is 0 Å². The first-order valence-corrected chi connectivity index (χ1v) is 8.12. The Hall–Kier alpha value is -3.55. The van der Waals surface area contributed by atoms with E-state index in [1.54, 1.807) is 18.2 Å². The highest BCUT2D eigenvalue weighted by Gasteiger charge is 2.24. The highest BCUT2D eigenvalue weighted by molar-refractivity contribution is 5.90. The first-order chi connectivity index (χ1) is 13.0. The Labute approximate surface area is 153 Å². The molecule has 1 aromatic heterocycles. The van der Waals surface area contributed by atoms with Crippen LogP contribution in [0, 0.1) is 12.7 Å². The third kappa shape index (κ3) is 4.17. The number of benzene rings is 2. The summed E-state index contributed by atoms with van der Waals surface area (Å²) in [5, 5.41) is 15.4. The van der Waals surface area contributed by atoms with Crippen molar-refractivity contribution in [1.82, 2.24) is 15.5 Å².